The number of cyclic esters (lactones) is 1. The van der Waals surface area contributed by atoms with Gasteiger partial charge in [0.2, 0.25) is 0 Å². The molecule has 1 N–H and O–H groups in total. The van der Waals surface area contributed by atoms with Gasteiger partial charge in [-0.05, 0) is 24.6 Å². The van der Waals surface area contributed by atoms with Crippen molar-refractivity contribution in [1.29, 1.82) is 0 Å². The van der Waals surface area contributed by atoms with E-state index in [4.69, 9.17) is 14.0 Å². The third-order valence-electron chi connectivity index (χ3n) is 5.02. The van der Waals surface area contributed by atoms with Gasteiger partial charge in [-0.15, -0.1) is 0 Å². The van der Waals surface area contributed by atoms with Crippen LogP contribution in [0.15, 0.2) is 18.2 Å². The van der Waals surface area contributed by atoms with Gasteiger partial charge in [-0.25, -0.2) is 9.18 Å². The van der Waals surface area contributed by atoms with Gasteiger partial charge in [0.15, 0.2) is 0 Å². The molecule has 8 nitrogen and oxygen atoms in total. The van der Waals surface area contributed by atoms with Gasteiger partial charge >= 0.3 is 6.09 Å². The summed E-state index contributed by atoms with van der Waals surface area (Å²) in [5, 5.41) is 0. The second-order valence-electron chi connectivity index (χ2n) is 6.82. The van der Waals surface area contributed by atoms with E-state index in [1.807, 2.05) is 4.90 Å². The van der Waals surface area contributed by atoms with Crippen LogP contribution in [0.25, 0.3) is 0 Å². The highest BCUT2D eigenvalue weighted by Gasteiger charge is 2.40. The molecular weight excluding hydrogens is 367 g/mol. The maximum Gasteiger partial charge on any atom is 0.414 e. The molecular formula is C16H19FN2O6S. The molecule has 3 saturated heterocycles. The van der Waals surface area contributed by atoms with Crippen LogP contribution in [-0.4, -0.2) is 62.8 Å². The second kappa shape index (κ2) is 6.36. The van der Waals surface area contributed by atoms with Crippen LogP contribution in [0, 0.1) is 5.82 Å². The number of hydrogen-bond acceptors (Lipinski definition) is 6. The molecule has 0 radical (unpaired) electrons. The maximum atomic E-state index is 14.6. The first-order valence-electron chi connectivity index (χ1n) is 8.41. The number of carbonyl (C=O) groups is 1. The highest BCUT2D eigenvalue weighted by atomic mass is 32.2. The number of rotatable bonds is 5. The van der Waals surface area contributed by atoms with Gasteiger partial charge in [-0.3, -0.25) is 9.45 Å². The molecule has 2 bridgehead atoms. The Kier molecular flexibility index (Phi) is 4.28. The van der Waals surface area contributed by atoms with Crippen molar-refractivity contribution in [2.75, 3.05) is 35.2 Å². The summed E-state index contributed by atoms with van der Waals surface area (Å²) in [6.45, 7) is 1.36. The molecule has 3 atom stereocenters. The van der Waals surface area contributed by atoms with E-state index in [9.17, 15) is 17.6 Å². The first-order valence-corrected chi connectivity index (χ1v) is 10.0. The summed E-state index contributed by atoms with van der Waals surface area (Å²) >= 11 is 0. The lowest BCUT2D eigenvalue weighted by molar-refractivity contribution is 0.0989. The monoisotopic (exact) mass is 386 g/mol. The smallest absolute Gasteiger partial charge is 0.414 e. The molecule has 26 heavy (non-hydrogen) atoms. The molecule has 3 aliphatic heterocycles. The van der Waals surface area contributed by atoms with Gasteiger partial charge in [0.25, 0.3) is 10.1 Å². The predicted octanol–water partition coefficient (Wildman–Crippen LogP) is 1.41. The van der Waals surface area contributed by atoms with Gasteiger partial charge in [0, 0.05) is 13.0 Å². The summed E-state index contributed by atoms with van der Waals surface area (Å²) in [6, 6.07) is 4.76. The molecule has 0 aromatic heterocycles. The Labute approximate surface area is 150 Å². The topological polar surface area (TPSA) is 96.4 Å². The van der Waals surface area contributed by atoms with Crippen molar-refractivity contribution in [3.05, 3.63) is 24.0 Å². The van der Waals surface area contributed by atoms with Crippen molar-refractivity contribution in [3.8, 4) is 0 Å². The molecule has 0 spiro atoms. The normalized spacial score (nSPS) is 28.1. The van der Waals surface area contributed by atoms with Crippen molar-refractivity contribution in [3.63, 3.8) is 0 Å². The first kappa shape index (κ1) is 17.5. The van der Waals surface area contributed by atoms with E-state index in [1.54, 1.807) is 12.1 Å². The van der Waals surface area contributed by atoms with Crippen LogP contribution in [-0.2, 0) is 19.6 Å². The lowest BCUT2D eigenvalue weighted by atomic mass is 10.2. The number of hydrogen-bond donors (Lipinski definition) is 1. The number of halogens is 1. The highest BCUT2D eigenvalue weighted by molar-refractivity contribution is 7.85. The van der Waals surface area contributed by atoms with E-state index >= 15 is 0 Å². The average molecular weight is 386 g/mol. The Morgan fingerprint density at radius 3 is 2.73 bits per heavy atom. The highest BCUT2D eigenvalue weighted by Crippen LogP contribution is 2.35. The van der Waals surface area contributed by atoms with Crippen LogP contribution in [0.3, 0.4) is 0 Å². The second-order valence-corrected chi connectivity index (χ2v) is 8.40. The molecule has 142 valence electrons. The van der Waals surface area contributed by atoms with Crippen molar-refractivity contribution < 1.29 is 31.6 Å². The first-order chi connectivity index (χ1) is 12.3. The molecule has 1 amide bonds. The van der Waals surface area contributed by atoms with Crippen molar-refractivity contribution in [2.45, 2.75) is 31.1 Å². The average Bonchev–Trinajstić information content (AvgIpc) is 3.27. The van der Waals surface area contributed by atoms with Crippen molar-refractivity contribution in [2.24, 2.45) is 0 Å². The van der Waals surface area contributed by atoms with E-state index in [2.05, 4.69) is 0 Å². The van der Waals surface area contributed by atoms with Crippen LogP contribution in [0.4, 0.5) is 20.6 Å². The molecule has 0 aliphatic carbocycles. The Bertz CT molecular complexity index is 832. The van der Waals surface area contributed by atoms with Crippen LogP contribution >= 0.6 is 0 Å². The maximum absolute atomic E-state index is 14.6. The van der Waals surface area contributed by atoms with Gasteiger partial charge in [-0.2, -0.15) is 8.42 Å². The minimum atomic E-state index is -4.12. The summed E-state index contributed by atoms with van der Waals surface area (Å²) in [6.07, 6.45) is -0.297. The number of ether oxygens (including phenoxy) is 2. The molecule has 0 unspecified atom stereocenters. The number of anilines is 2. The third kappa shape index (κ3) is 3.36. The standard InChI is InChI=1S/C16H19FN2O6S/c17-14-6-10(1-2-15(14)18-8-13-5-11(18)9-24-13)19-7-12(25-16(19)20)3-4-26(21,22)23/h1-2,6,11-13H,3-5,7-9H2,(H,21,22,23)/t11-,12+,13-/m0/s1. The number of amides is 1. The van der Waals surface area contributed by atoms with Gasteiger partial charge in [0.05, 0.1) is 42.4 Å². The summed E-state index contributed by atoms with van der Waals surface area (Å²) < 4.78 is 55.7. The minimum Gasteiger partial charge on any atom is -0.444 e. The van der Waals surface area contributed by atoms with Crippen LogP contribution in [0.1, 0.15) is 12.8 Å². The number of fused-ring (bicyclic) bond motifs is 2. The number of morpholine rings is 1. The van der Waals surface area contributed by atoms with E-state index < -0.39 is 33.9 Å². The van der Waals surface area contributed by atoms with Gasteiger partial charge < -0.3 is 14.4 Å². The summed E-state index contributed by atoms with van der Waals surface area (Å²) in [5.41, 5.74) is 0.839. The number of carbonyl (C=O) groups excluding carboxylic acids is 1. The van der Waals surface area contributed by atoms with Crippen LogP contribution in [0.2, 0.25) is 0 Å². The molecule has 10 heteroatoms. The molecule has 1 aromatic carbocycles. The van der Waals surface area contributed by atoms with Crippen molar-refractivity contribution >= 4 is 27.6 Å². The molecule has 3 heterocycles. The quantitative estimate of drug-likeness (QED) is 0.764. The molecule has 4 rings (SSSR count). The largest absolute Gasteiger partial charge is 0.444 e. The zero-order valence-electron chi connectivity index (χ0n) is 13.9. The number of benzene rings is 1. The lowest BCUT2D eigenvalue weighted by Gasteiger charge is -2.29. The molecule has 3 aliphatic rings. The SMILES string of the molecule is O=C1O[C@H](CCS(=O)(=O)O)CN1c1ccc(N2C[C@@H]3C[C@H]2CO3)c(F)c1. The van der Waals surface area contributed by atoms with E-state index in [0.717, 1.165) is 6.42 Å². The zero-order chi connectivity index (χ0) is 18.5. The summed E-state index contributed by atoms with van der Waals surface area (Å²) in [4.78, 5) is 15.3. The Hall–Kier alpha value is -1.91. The summed E-state index contributed by atoms with van der Waals surface area (Å²) in [5.74, 6) is -0.921. The minimum absolute atomic E-state index is 0.0154. The Morgan fingerprint density at radius 2 is 2.12 bits per heavy atom. The van der Waals surface area contributed by atoms with Crippen LogP contribution < -0.4 is 9.80 Å². The zero-order valence-corrected chi connectivity index (χ0v) is 14.7. The van der Waals surface area contributed by atoms with Gasteiger partial charge in [-0.1, -0.05) is 0 Å². The van der Waals surface area contributed by atoms with E-state index in [0.29, 0.717) is 24.5 Å². The van der Waals surface area contributed by atoms with E-state index in [-0.39, 0.29) is 25.1 Å². The van der Waals surface area contributed by atoms with Crippen LogP contribution in [0.5, 0.6) is 0 Å². The lowest BCUT2D eigenvalue weighted by Crippen LogP contribution is -2.37. The third-order valence-corrected chi connectivity index (χ3v) is 5.78. The molecule has 0 saturated carbocycles. The molecule has 1 aromatic rings. The fourth-order valence-electron chi connectivity index (χ4n) is 3.75. The summed E-state index contributed by atoms with van der Waals surface area (Å²) in [7, 11) is -4.12. The molecule has 3 fully saturated rings. The fraction of sp³-hybridized carbons (Fsp3) is 0.562. The van der Waals surface area contributed by atoms with E-state index in [1.165, 1.54) is 11.0 Å². The predicted molar refractivity (Wildman–Crippen MR) is 90.5 cm³/mol. The van der Waals surface area contributed by atoms with Crippen molar-refractivity contribution in [1.82, 2.24) is 0 Å². The Balaban J connectivity index is 1.46. The number of nitrogens with zero attached hydrogens (tertiary/aromatic N) is 2. The van der Waals surface area contributed by atoms with Gasteiger partial charge in [0.1, 0.15) is 11.9 Å². The Morgan fingerprint density at radius 1 is 1.31 bits per heavy atom. The fourth-order valence-corrected chi connectivity index (χ4v) is 4.32.